The zero-order valence-electron chi connectivity index (χ0n) is 15.3. The van der Waals surface area contributed by atoms with Gasteiger partial charge in [-0.1, -0.05) is 36.1 Å². The number of nitrogens with zero attached hydrogens (tertiary/aromatic N) is 3. The molecule has 0 unspecified atom stereocenters. The first-order chi connectivity index (χ1) is 13.8. The van der Waals surface area contributed by atoms with Crippen LogP contribution in [0, 0.1) is 11.8 Å². The fourth-order valence-electron chi connectivity index (χ4n) is 2.78. The van der Waals surface area contributed by atoms with Crippen LogP contribution in [0.2, 0.25) is 0 Å². The maximum Gasteiger partial charge on any atom is 0.119 e. The first-order valence-corrected chi connectivity index (χ1v) is 9.05. The third-order valence-corrected chi connectivity index (χ3v) is 4.17. The minimum atomic E-state index is 0.521. The van der Waals surface area contributed by atoms with Crippen molar-refractivity contribution in [3.05, 3.63) is 114 Å². The molecule has 4 nitrogen and oxygen atoms in total. The molecule has 0 amide bonds. The molecule has 0 aliphatic rings. The molecule has 0 atom stereocenters. The summed E-state index contributed by atoms with van der Waals surface area (Å²) in [4.78, 5) is 4.06. The molecule has 0 radical (unpaired) electrons. The van der Waals surface area contributed by atoms with Gasteiger partial charge < -0.3 is 4.74 Å². The van der Waals surface area contributed by atoms with Gasteiger partial charge in [0.15, 0.2) is 0 Å². The van der Waals surface area contributed by atoms with Gasteiger partial charge in [0.05, 0.1) is 6.54 Å². The Labute approximate surface area is 164 Å². The van der Waals surface area contributed by atoms with Crippen LogP contribution in [0.3, 0.4) is 0 Å². The third-order valence-electron chi connectivity index (χ3n) is 4.17. The predicted molar refractivity (Wildman–Crippen MR) is 109 cm³/mol. The Morgan fingerprint density at radius 2 is 1.68 bits per heavy atom. The summed E-state index contributed by atoms with van der Waals surface area (Å²) in [6, 6.07) is 21.9. The minimum Gasteiger partial charge on any atom is -0.489 e. The Morgan fingerprint density at radius 3 is 2.46 bits per heavy atom. The van der Waals surface area contributed by atoms with Crippen LogP contribution in [0.15, 0.2) is 91.5 Å². The summed E-state index contributed by atoms with van der Waals surface area (Å²) in [7, 11) is 0. The molecule has 0 spiro atoms. The van der Waals surface area contributed by atoms with E-state index in [1.54, 1.807) is 18.6 Å². The molecule has 0 aliphatic heterocycles. The molecule has 2 aromatic heterocycles. The molecule has 0 saturated carbocycles. The summed E-state index contributed by atoms with van der Waals surface area (Å²) in [5.74, 6) is 7.06. The second-order valence-corrected chi connectivity index (χ2v) is 6.33. The molecule has 0 aliphatic carbocycles. The lowest BCUT2D eigenvalue weighted by Gasteiger charge is -2.08. The van der Waals surface area contributed by atoms with Gasteiger partial charge in [-0.05, 0) is 53.6 Å². The van der Waals surface area contributed by atoms with Gasteiger partial charge in [-0.25, -0.2) is 0 Å². The predicted octanol–water partition coefficient (Wildman–Crippen LogP) is 4.31. The van der Waals surface area contributed by atoms with Crippen LogP contribution in [-0.4, -0.2) is 14.8 Å². The average Bonchev–Trinajstić information content (AvgIpc) is 3.26. The van der Waals surface area contributed by atoms with E-state index in [0.29, 0.717) is 6.61 Å². The molecule has 2 heterocycles. The van der Waals surface area contributed by atoms with Gasteiger partial charge >= 0.3 is 0 Å². The largest absolute Gasteiger partial charge is 0.489 e. The molecule has 0 bridgehead atoms. The van der Waals surface area contributed by atoms with Crippen LogP contribution < -0.4 is 4.74 Å². The van der Waals surface area contributed by atoms with E-state index in [2.05, 4.69) is 46.2 Å². The highest BCUT2D eigenvalue weighted by Crippen LogP contribution is 2.15. The molecular weight excluding hydrogens is 346 g/mol. The van der Waals surface area contributed by atoms with E-state index in [1.807, 2.05) is 53.3 Å². The van der Waals surface area contributed by atoms with Crippen molar-refractivity contribution in [3.8, 4) is 17.6 Å². The van der Waals surface area contributed by atoms with Gasteiger partial charge in [-0.3, -0.25) is 9.67 Å². The van der Waals surface area contributed by atoms with Crippen LogP contribution in [0.4, 0.5) is 0 Å². The number of hydrogen-bond acceptors (Lipinski definition) is 3. The van der Waals surface area contributed by atoms with Crippen LogP contribution in [0.5, 0.6) is 5.75 Å². The molecule has 0 N–H and O–H groups in total. The highest BCUT2D eigenvalue weighted by molar-refractivity contribution is 5.43. The molecule has 4 heteroatoms. The Kier molecular flexibility index (Phi) is 5.46. The van der Waals surface area contributed by atoms with Gasteiger partial charge in [0.1, 0.15) is 12.4 Å². The summed E-state index contributed by atoms with van der Waals surface area (Å²) in [5, 5.41) is 4.25. The van der Waals surface area contributed by atoms with Crippen LogP contribution in [0.1, 0.15) is 22.3 Å². The van der Waals surface area contributed by atoms with Crippen molar-refractivity contribution < 1.29 is 4.74 Å². The zero-order chi connectivity index (χ0) is 19.0. The third kappa shape index (κ3) is 4.87. The van der Waals surface area contributed by atoms with Gasteiger partial charge in [-0.2, -0.15) is 5.10 Å². The number of aromatic nitrogens is 3. The lowest BCUT2D eigenvalue weighted by atomic mass is 10.1. The number of pyridine rings is 1. The smallest absolute Gasteiger partial charge is 0.119 e. The SMILES string of the molecule is C(#Cc1cccnc1)c1ccc(OCc2cccc(Cn3cccn3)c2)cc1. The first kappa shape index (κ1) is 17.6. The Morgan fingerprint density at radius 1 is 0.821 bits per heavy atom. The summed E-state index contributed by atoms with van der Waals surface area (Å²) >= 11 is 0. The Bertz CT molecular complexity index is 1080. The van der Waals surface area contributed by atoms with Crippen molar-refractivity contribution in [2.45, 2.75) is 13.2 Å². The summed E-state index contributed by atoms with van der Waals surface area (Å²) in [6.45, 7) is 1.28. The number of rotatable bonds is 5. The number of hydrogen-bond donors (Lipinski definition) is 0. The molecule has 28 heavy (non-hydrogen) atoms. The summed E-state index contributed by atoms with van der Waals surface area (Å²) < 4.78 is 7.83. The maximum absolute atomic E-state index is 5.92. The van der Waals surface area contributed by atoms with E-state index in [4.69, 9.17) is 4.74 Å². The topological polar surface area (TPSA) is 39.9 Å². The molecule has 4 aromatic rings. The zero-order valence-corrected chi connectivity index (χ0v) is 15.3. The highest BCUT2D eigenvalue weighted by atomic mass is 16.5. The molecule has 136 valence electrons. The van der Waals surface area contributed by atoms with Crippen molar-refractivity contribution in [2.75, 3.05) is 0 Å². The maximum atomic E-state index is 5.92. The second kappa shape index (κ2) is 8.70. The number of ether oxygens (including phenoxy) is 1. The van der Waals surface area contributed by atoms with Crippen molar-refractivity contribution in [3.63, 3.8) is 0 Å². The highest BCUT2D eigenvalue weighted by Gasteiger charge is 2.00. The van der Waals surface area contributed by atoms with Gasteiger partial charge in [-0.15, -0.1) is 0 Å². The van der Waals surface area contributed by atoms with Gasteiger partial charge in [0.25, 0.3) is 0 Å². The Balaban J connectivity index is 1.36. The quantitative estimate of drug-likeness (QED) is 0.495. The minimum absolute atomic E-state index is 0.521. The van der Waals surface area contributed by atoms with E-state index in [-0.39, 0.29) is 0 Å². The molecular formula is C24H19N3O. The van der Waals surface area contributed by atoms with E-state index in [0.717, 1.165) is 29.0 Å². The van der Waals surface area contributed by atoms with Crippen LogP contribution >= 0.6 is 0 Å². The standard InChI is InChI=1S/C24H19N3O/c1-4-22(18-27-15-3-14-26-27)16-23(5-1)19-28-24-11-9-20(10-12-24)7-8-21-6-2-13-25-17-21/h1-6,9-17H,18-19H2. The van der Waals surface area contributed by atoms with Crippen molar-refractivity contribution in [1.82, 2.24) is 14.8 Å². The first-order valence-electron chi connectivity index (χ1n) is 9.05. The normalized spacial score (nSPS) is 10.1. The van der Waals surface area contributed by atoms with Crippen LogP contribution in [-0.2, 0) is 13.2 Å². The second-order valence-electron chi connectivity index (χ2n) is 6.33. The Hall–Kier alpha value is -3.84. The van der Waals surface area contributed by atoms with E-state index < -0.39 is 0 Å². The molecule has 0 saturated heterocycles. The van der Waals surface area contributed by atoms with Crippen molar-refractivity contribution in [2.24, 2.45) is 0 Å². The fourth-order valence-corrected chi connectivity index (χ4v) is 2.78. The van der Waals surface area contributed by atoms with Gasteiger partial charge in [0, 0.05) is 35.9 Å². The monoisotopic (exact) mass is 365 g/mol. The lowest BCUT2D eigenvalue weighted by molar-refractivity contribution is 0.306. The molecule has 4 rings (SSSR count). The van der Waals surface area contributed by atoms with Crippen molar-refractivity contribution in [1.29, 1.82) is 0 Å². The molecule has 0 fully saturated rings. The van der Waals surface area contributed by atoms with Crippen LogP contribution in [0.25, 0.3) is 0 Å². The fraction of sp³-hybridized carbons (Fsp3) is 0.0833. The van der Waals surface area contributed by atoms with E-state index in [9.17, 15) is 0 Å². The van der Waals surface area contributed by atoms with Crippen molar-refractivity contribution >= 4 is 0 Å². The lowest BCUT2D eigenvalue weighted by Crippen LogP contribution is -2.01. The summed E-state index contributed by atoms with van der Waals surface area (Å²) in [6.07, 6.45) is 7.25. The number of benzene rings is 2. The van der Waals surface area contributed by atoms with E-state index in [1.165, 1.54) is 5.56 Å². The molecule has 2 aromatic carbocycles. The van der Waals surface area contributed by atoms with E-state index >= 15 is 0 Å². The average molecular weight is 365 g/mol. The van der Waals surface area contributed by atoms with Gasteiger partial charge in [0.2, 0.25) is 0 Å². The summed E-state index contributed by atoms with van der Waals surface area (Å²) in [5.41, 5.74) is 4.17.